The third-order valence-corrected chi connectivity index (χ3v) is 13.8. The van der Waals surface area contributed by atoms with E-state index in [0.29, 0.717) is 29.9 Å². The monoisotopic (exact) mass is 1010 g/mol. The standard InChI is InChI=1S/C33H30FN3O4.C26H24FN3O4/c1-2-26-14-9-19-40-29-20-25(34)15-16-27(29)30(24-12-7-4-8-13-24)37-22-35(26)33(39)31-32(28(38)17-18-36(31)37)41-21-23-10-5-3-6-11-23;1-2-19-9-6-14-34-22-15-18(27)10-11-20(22)23(17-7-4-3-5-8-17)30-16-28(19)26(33)24-25(32)21(31)12-13-29(24)30/h3-18,20,26,30H,2,19,21-22H2,1H3;3-13,15,19,23,32H,2,14,16H2,1H3/b14-9+;9-6+/t26-,30+;19-,23+/m11/s1. The Morgan fingerprint density at radius 2 is 1.03 bits per heavy atom. The Morgan fingerprint density at radius 3 is 1.52 bits per heavy atom. The van der Waals surface area contributed by atoms with Crippen molar-refractivity contribution < 1.29 is 37.7 Å². The van der Waals surface area contributed by atoms with Crippen molar-refractivity contribution in [3.63, 3.8) is 0 Å². The third kappa shape index (κ3) is 9.86. The number of benzene rings is 5. The molecule has 0 radical (unpaired) electrons. The molecule has 14 nitrogen and oxygen atoms in total. The summed E-state index contributed by atoms with van der Waals surface area (Å²) in [6.07, 6.45) is 11.8. The number of aromatic nitrogens is 2. The molecule has 75 heavy (non-hydrogen) atoms. The lowest BCUT2D eigenvalue weighted by atomic mass is 9.96. The molecule has 0 spiro atoms. The first kappa shape index (κ1) is 49.6. The van der Waals surface area contributed by atoms with Crippen molar-refractivity contribution in [1.82, 2.24) is 19.2 Å². The van der Waals surface area contributed by atoms with E-state index in [1.165, 1.54) is 47.3 Å². The summed E-state index contributed by atoms with van der Waals surface area (Å²) in [6.45, 7) is 4.90. The predicted molar refractivity (Wildman–Crippen MR) is 279 cm³/mol. The number of carbonyl (C=O) groups excluding carboxylic acids is 2. The Morgan fingerprint density at radius 1 is 0.573 bits per heavy atom. The average molecular weight is 1010 g/mol. The number of rotatable bonds is 7. The van der Waals surface area contributed by atoms with Crippen LogP contribution in [0.3, 0.4) is 0 Å². The molecule has 0 aliphatic carbocycles. The zero-order chi connectivity index (χ0) is 52.2. The van der Waals surface area contributed by atoms with Gasteiger partial charge in [0, 0.05) is 47.8 Å². The van der Waals surface area contributed by atoms with Crippen LogP contribution >= 0.6 is 0 Å². The predicted octanol–water partition coefficient (Wildman–Crippen LogP) is 9.00. The van der Waals surface area contributed by atoms with Gasteiger partial charge in [-0.15, -0.1) is 0 Å². The fourth-order valence-corrected chi connectivity index (χ4v) is 10.1. The van der Waals surface area contributed by atoms with Gasteiger partial charge >= 0.3 is 0 Å². The number of halogens is 2. The first-order valence-electron chi connectivity index (χ1n) is 24.8. The first-order chi connectivity index (χ1) is 36.5. The van der Waals surface area contributed by atoms with E-state index in [1.54, 1.807) is 38.9 Å². The van der Waals surface area contributed by atoms with Crippen LogP contribution in [0.15, 0.2) is 186 Å². The van der Waals surface area contributed by atoms with E-state index < -0.39 is 40.8 Å². The van der Waals surface area contributed by atoms with E-state index in [-0.39, 0.29) is 73.7 Å². The molecule has 2 aromatic heterocycles. The van der Waals surface area contributed by atoms with Gasteiger partial charge in [0.1, 0.15) is 68.4 Å². The Kier molecular flexibility index (Phi) is 14.3. The number of nitrogens with zero attached hydrogens (tertiary/aromatic N) is 6. The second-order valence-electron chi connectivity index (χ2n) is 18.3. The number of amides is 2. The number of fused-ring (bicyclic) bond motifs is 10. The van der Waals surface area contributed by atoms with Gasteiger partial charge in [0.25, 0.3) is 11.8 Å². The van der Waals surface area contributed by atoms with Crippen LogP contribution in [0.4, 0.5) is 8.78 Å². The van der Waals surface area contributed by atoms with Gasteiger partial charge in [0.15, 0.2) is 22.9 Å². The second kappa shape index (κ2) is 21.7. The van der Waals surface area contributed by atoms with Gasteiger partial charge in [0.05, 0.1) is 12.1 Å². The van der Waals surface area contributed by atoms with Crippen LogP contribution < -0.4 is 35.1 Å². The highest BCUT2D eigenvalue weighted by atomic mass is 19.1. The topological polar surface area (TPSA) is 139 Å². The summed E-state index contributed by atoms with van der Waals surface area (Å²) >= 11 is 0. The van der Waals surface area contributed by atoms with Crippen LogP contribution in [-0.4, -0.2) is 74.7 Å². The maximum Gasteiger partial charge on any atom is 0.278 e. The summed E-state index contributed by atoms with van der Waals surface area (Å²) in [5, 5.41) is 14.5. The molecule has 0 unspecified atom stereocenters. The van der Waals surface area contributed by atoms with E-state index in [0.717, 1.165) is 22.3 Å². The third-order valence-electron chi connectivity index (χ3n) is 13.8. The van der Waals surface area contributed by atoms with Crippen molar-refractivity contribution in [1.29, 1.82) is 0 Å². The number of hydrogen-bond donors (Lipinski definition) is 1. The van der Waals surface area contributed by atoms with Crippen molar-refractivity contribution in [3.8, 4) is 23.0 Å². The highest BCUT2D eigenvalue weighted by molar-refractivity contribution is 5.97. The Labute approximate surface area is 431 Å². The molecule has 2 amide bonds. The van der Waals surface area contributed by atoms with Crippen LogP contribution in [0.1, 0.15) is 87.6 Å². The summed E-state index contributed by atoms with van der Waals surface area (Å²) in [5.41, 5.74) is 3.12. The summed E-state index contributed by atoms with van der Waals surface area (Å²) in [5.74, 6) is -1.39. The molecule has 7 aromatic rings. The molecule has 4 atom stereocenters. The molecule has 0 saturated carbocycles. The Balaban J connectivity index is 0.000000174. The van der Waals surface area contributed by atoms with Gasteiger partial charge in [-0.25, -0.2) is 8.78 Å². The van der Waals surface area contributed by atoms with E-state index in [1.807, 2.05) is 133 Å². The minimum atomic E-state index is -0.628. The van der Waals surface area contributed by atoms with Gasteiger partial charge < -0.3 is 29.1 Å². The lowest BCUT2D eigenvalue weighted by Crippen LogP contribution is -2.58. The number of pyridine rings is 2. The molecule has 0 saturated heterocycles. The largest absolute Gasteiger partial charge is 0.502 e. The molecule has 4 aliphatic heterocycles. The molecule has 11 rings (SSSR count). The highest BCUT2D eigenvalue weighted by Crippen LogP contribution is 2.40. The van der Waals surface area contributed by atoms with Crippen LogP contribution in [0, 0.1) is 11.6 Å². The molecule has 4 bridgehead atoms. The summed E-state index contributed by atoms with van der Waals surface area (Å²) in [7, 11) is 0. The van der Waals surface area contributed by atoms with E-state index in [4.69, 9.17) is 14.2 Å². The minimum Gasteiger partial charge on any atom is -0.502 e. The molecular formula is C59H54F2N6O8. The zero-order valence-electron chi connectivity index (χ0n) is 41.2. The van der Waals surface area contributed by atoms with E-state index >= 15 is 0 Å². The summed E-state index contributed by atoms with van der Waals surface area (Å²) in [6, 6.07) is 38.9. The number of hydrogen-bond acceptors (Lipinski definition) is 10. The van der Waals surface area contributed by atoms with Crippen LogP contribution in [0.25, 0.3) is 0 Å². The lowest BCUT2D eigenvalue weighted by Gasteiger charge is -2.46. The summed E-state index contributed by atoms with van der Waals surface area (Å²) < 4.78 is 50.1. The lowest BCUT2D eigenvalue weighted by molar-refractivity contribution is 0.0617. The number of aromatic hydroxyl groups is 1. The van der Waals surface area contributed by atoms with Crippen molar-refractivity contribution in [2.45, 2.75) is 57.5 Å². The Bertz CT molecular complexity index is 3410. The maximum atomic E-state index is 14.5. The molecular weight excluding hydrogens is 959 g/mol. The fraction of sp³-hybridized carbons (Fsp3) is 0.220. The maximum absolute atomic E-state index is 14.5. The molecule has 0 fully saturated rings. The van der Waals surface area contributed by atoms with E-state index in [2.05, 4.69) is 0 Å². The van der Waals surface area contributed by atoms with Crippen LogP contribution in [0.5, 0.6) is 23.0 Å². The van der Waals surface area contributed by atoms with Crippen molar-refractivity contribution in [3.05, 3.63) is 248 Å². The van der Waals surface area contributed by atoms with Gasteiger partial charge in [-0.2, -0.15) is 0 Å². The minimum absolute atomic E-state index is 0.00727. The van der Waals surface area contributed by atoms with Gasteiger partial charge in [0.2, 0.25) is 10.9 Å². The molecule has 382 valence electrons. The number of carbonyl (C=O) groups is 2. The smallest absolute Gasteiger partial charge is 0.278 e. The highest BCUT2D eigenvalue weighted by Gasteiger charge is 2.42. The van der Waals surface area contributed by atoms with Gasteiger partial charge in [-0.3, -0.25) is 38.5 Å². The molecule has 16 heteroatoms. The van der Waals surface area contributed by atoms with Gasteiger partial charge in [-0.05, 0) is 65.9 Å². The quantitative estimate of drug-likeness (QED) is 0.154. The molecule has 1 N–H and O–H groups in total. The van der Waals surface area contributed by atoms with Crippen LogP contribution in [-0.2, 0) is 6.61 Å². The number of ether oxygens (including phenoxy) is 3. The zero-order valence-corrected chi connectivity index (χ0v) is 41.2. The van der Waals surface area contributed by atoms with E-state index in [9.17, 15) is 33.1 Å². The van der Waals surface area contributed by atoms with Crippen molar-refractivity contribution in [2.24, 2.45) is 0 Å². The molecule has 5 aromatic carbocycles. The average Bonchev–Trinajstić information content (AvgIpc) is 3.47. The van der Waals surface area contributed by atoms with Crippen LogP contribution in [0.2, 0.25) is 0 Å². The SMILES string of the molecule is CC[C@@H]1/C=C/COc2cc(F)ccc2[C@H](c2ccccc2)N2CN1C(=O)c1c(O)c(=O)ccn12.CC[C@@H]1/C=C/COc2cc(F)ccc2[C@H](c2ccccc2)N2CN1C(=O)c1c(OCc3ccccc3)c(=O)ccn12. The Hall–Kier alpha value is -8.92. The first-order valence-corrected chi connectivity index (χ1v) is 24.8. The van der Waals surface area contributed by atoms with Crippen molar-refractivity contribution in [2.75, 3.05) is 36.6 Å². The fourth-order valence-electron chi connectivity index (χ4n) is 10.1. The summed E-state index contributed by atoms with van der Waals surface area (Å²) in [4.78, 5) is 56.7. The molecule has 4 aliphatic rings. The van der Waals surface area contributed by atoms with Crippen molar-refractivity contribution >= 4 is 11.8 Å². The second-order valence-corrected chi connectivity index (χ2v) is 18.3. The molecule has 6 heterocycles. The normalized spacial score (nSPS) is 19.7. The van der Waals surface area contributed by atoms with Gasteiger partial charge in [-0.1, -0.05) is 117 Å².